The Morgan fingerprint density at radius 1 is 0.895 bits per heavy atom. The Labute approximate surface area is 113 Å². The van der Waals surface area contributed by atoms with Gasteiger partial charge in [0.05, 0.1) is 5.52 Å². The number of benzene rings is 2. The molecule has 0 spiro atoms. The van der Waals surface area contributed by atoms with Gasteiger partial charge < -0.3 is 4.57 Å². The first-order valence-corrected chi connectivity index (χ1v) is 6.61. The minimum atomic E-state index is 1.21. The summed E-state index contributed by atoms with van der Waals surface area (Å²) in [5, 5.41) is 1.31. The first-order valence-electron chi connectivity index (χ1n) is 6.61. The normalized spacial score (nSPS) is 11.5. The van der Waals surface area contributed by atoms with Gasteiger partial charge in [-0.1, -0.05) is 48.6 Å². The minimum absolute atomic E-state index is 1.21. The zero-order chi connectivity index (χ0) is 13.2. The molecule has 0 N–H and O–H groups in total. The van der Waals surface area contributed by atoms with Crippen LogP contribution < -0.4 is 0 Å². The maximum absolute atomic E-state index is 2.32. The van der Waals surface area contributed by atoms with Gasteiger partial charge in [-0.25, -0.2) is 0 Å². The molecule has 0 unspecified atom stereocenters. The highest BCUT2D eigenvalue weighted by Crippen LogP contribution is 2.29. The van der Waals surface area contributed by atoms with E-state index >= 15 is 0 Å². The maximum Gasteiger partial charge on any atom is 0.0537 e. The molecule has 1 heteroatoms. The predicted molar refractivity (Wildman–Crippen MR) is 82.7 cm³/mol. The van der Waals surface area contributed by atoms with Crippen LogP contribution in [0.2, 0.25) is 0 Å². The second kappa shape index (κ2) is 4.77. The van der Waals surface area contributed by atoms with E-state index in [9.17, 15) is 0 Å². The van der Waals surface area contributed by atoms with Crippen LogP contribution in [0.5, 0.6) is 0 Å². The Balaban J connectivity index is 2.40. The van der Waals surface area contributed by atoms with Gasteiger partial charge >= 0.3 is 0 Å². The molecular formula is C18H17N. The molecule has 0 aliphatic heterocycles. The third-order valence-electron chi connectivity index (χ3n) is 3.51. The van der Waals surface area contributed by atoms with Crippen LogP contribution in [0.15, 0.2) is 60.7 Å². The van der Waals surface area contributed by atoms with Gasteiger partial charge in [-0.3, -0.25) is 0 Å². The van der Waals surface area contributed by atoms with E-state index < -0.39 is 0 Å². The third-order valence-corrected chi connectivity index (χ3v) is 3.51. The number of para-hydroxylation sites is 2. The number of fused-ring (bicyclic) bond motifs is 1. The zero-order valence-electron chi connectivity index (χ0n) is 11.3. The molecule has 0 bridgehead atoms. The molecule has 1 nitrogen and oxygen atoms in total. The van der Waals surface area contributed by atoms with Crippen molar-refractivity contribution < 1.29 is 0 Å². The van der Waals surface area contributed by atoms with Crippen LogP contribution in [0.4, 0.5) is 0 Å². The molecule has 0 amide bonds. The largest absolute Gasteiger partial charge is 0.313 e. The highest BCUT2D eigenvalue weighted by molar-refractivity contribution is 5.92. The topological polar surface area (TPSA) is 4.93 Å². The second-order valence-electron chi connectivity index (χ2n) is 4.69. The fraction of sp³-hybridized carbons (Fsp3) is 0.111. The van der Waals surface area contributed by atoms with E-state index in [-0.39, 0.29) is 0 Å². The Hall–Kier alpha value is -2.28. The van der Waals surface area contributed by atoms with E-state index in [2.05, 4.69) is 85.2 Å². The molecule has 19 heavy (non-hydrogen) atoms. The molecule has 94 valence electrons. The SMILES string of the molecule is C/C=C/c1c(C)n(-c2ccccc2)c2ccccc12. The fourth-order valence-electron chi connectivity index (χ4n) is 2.68. The average molecular weight is 247 g/mol. The van der Waals surface area contributed by atoms with Crippen LogP contribution in [0.3, 0.4) is 0 Å². The monoisotopic (exact) mass is 247 g/mol. The summed E-state index contributed by atoms with van der Waals surface area (Å²) in [7, 11) is 0. The Bertz CT molecular complexity index is 733. The molecule has 0 radical (unpaired) electrons. The number of allylic oxidation sites excluding steroid dienone is 1. The highest BCUT2D eigenvalue weighted by Gasteiger charge is 2.12. The lowest BCUT2D eigenvalue weighted by Crippen LogP contribution is -1.95. The van der Waals surface area contributed by atoms with Crippen molar-refractivity contribution in [1.29, 1.82) is 0 Å². The lowest BCUT2D eigenvalue weighted by Gasteiger charge is -2.08. The van der Waals surface area contributed by atoms with Crippen LogP contribution >= 0.6 is 0 Å². The summed E-state index contributed by atoms with van der Waals surface area (Å²) in [5.41, 5.74) is 5.07. The van der Waals surface area contributed by atoms with Gasteiger partial charge in [0, 0.05) is 22.3 Å². The van der Waals surface area contributed by atoms with Crippen molar-refractivity contribution in [1.82, 2.24) is 4.57 Å². The van der Waals surface area contributed by atoms with Gasteiger partial charge in [0.2, 0.25) is 0 Å². The third kappa shape index (κ3) is 1.88. The maximum atomic E-state index is 2.32. The van der Waals surface area contributed by atoms with Crippen molar-refractivity contribution >= 4 is 17.0 Å². The van der Waals surface area contributed by atoms with Gasteiger partial charge in [0.15, 0.2) is 0 Å². The number of hydrogen-bond donors (Lipinski definition) is 0. The molecule has 0 atom stereocenters. The summed E-state index contributed by atoms with van der Waals surface area (Å²) in [5.74, 6) is 0. The van der Waals surface area contributed by atoms with E-state index in [0.29, 0.717) is 0 Å². The van der Waals surface area contributed by atoms with Crippen molar-refractivity contribution in [2.24, 2.45) is 0 Å². The molecule has 0 aliphatic rings. The summed E-state index contributed by atoms with van der Waals surface area (Å²) in [6, 6.07) is 19.1. The molecule has 1 heterocycles. The zero-order valence-corrected chi connectivity index (χ0v) is 11.3. The lowest BCUT2D eigenvalue weighted by atomic mass is 10.1. The Morgan fingerprint density at radius 3 is 2.32 bits per heavy atom. The van der Waals surface area contributed by atoms with Crippen LogP contribution in [0.25, 0.3) is 22.7 Å². The summed E-state index contributed by atoms with van der Waals surface area (Å²) in [4.78, 5) is 0. The van der Waals surface area contributed by atoms with Crippen LogP contribution in [-0.2, 0) is 0 Å². The van der Waals surface area contributed by atoms with E-state index in [1.165, 1.54) is 27.8 Å². The summed E-state index contributed by atoms with van der Waals surface area (Å²) in [6.07, 6.45) is 4.29. The van der Waals surface area contributed by atoms with E-state index in [1.54, 1.807) is 0 Å². The molecular weight excluding hydrogens is 230 g/mol. The van der Waals surface area contributed by atoms with Gasteiger partial charge in [-0.05, 0) is 32.0 Å². The van der Waals surface area contributed by atoms with E-state index in [1.807, 2.05) is 0 Å². The molecule has 3 rings (SSSR count). The van der Waals surface area contributed by atoms with Gasteiger partial charge in [0.25, 0.3) is 0 Å². The highest BCUT2D eigenvalue weighted by atomic mass is 15.0. The van der Waals surface area contributed by atoms with Crippen LogP contribution in [-0.4, -0.2) is 4.57 Å². The molecule has 0 saturated heterocycles. The smallest absolute Gasteiger partial charge is 0.0537 e. The number of nitrogens with zero attached hydrogens (tertiary/aromatic N) is 1. The van der Waals surface area contributed by atoms with Crippen molar-refractivity contribution in [2.75, 3.05) is 0 Å². The van der Waals surface area contributed by atoms with Crippen molar-refractivity contribution in [3.8, 4) is 5.69 Å². The molecule has 0 saturated carbocycles. The quantitative estimate of drug-likeness (QED) is 0.602. The molecule has 0 fully saturated rings. The van der Waals surface area contributed by atoms with Crippen molar-refractivity contribution in [3.63, 3.8) is 0 Å². The first-order chi connectivity index (χ1) is 9.33. The van der Waals surface area contributed by atoms with Gasteiger partial charge in [-0.2, -0.15) is 0 Å². The summed E-state index contributed by atoms with van der Waals surface area (Å²) >= 11 is 0. The lowest BCUT2D eigenvalue weighted by molar-refractivity contribution is 1.05. The Morgan fingerprint density at radius 2 is 1.58 bits per heavy atom. The predicted octanol–water partition coefficient (Wildman–Crippen LogP) is 4.97. The van der Waals surface area contributed by atoms with Crippen LogP contribution in [0, 0.1) is 6.92 Å². The second-order valence-corrected chi connectivity index (χ2v) is 4.69. The summed E-state index contributed by atoms with van der Waals surface area (Å²) < 4.78 is 2.32. The first kappa shape index (κ1) is 11.8. The fourth-order valence-corrected chi connectivity index (χ4v) is 2.68. The minimum Gasteiger partial charge on any atom is -0.313 e. The molecule has 0 aliphatic carbocycles. The van der Waals surface area contributed by atoms with E-state index in [0.717, 1.165) is 0 Å². The molecule has 2 aromatic carbocycles. The molecule has 1 aromatic heterocycles. The van der Waals surface area contributed by atoms with Crippen molar-refractivity contribution in [2.45, 2.75) is 13.8 Å². The Kier molecular flexibility index (Phi) is 2.96. The van der Waals surface area contributed by atoms with E-state index in [4.69, 9.17) is 0 Å². The van der Waals surface area contributed by atoms with Crippen LogP contribution in [0.1, 0.15) is 18.2 Å². The number of aromatic nitrogens is 1. The standard InChI is InChI=1S/C18H17N/c1-3-9-16-14(2)19(15-10-5-4-6-11-15)18-13-8-7-12-17(16)18/h3-13H,1-2H3/b9-3+. The molecule has 3 aromatic rings. The van der Waals surface area contributed by atoms with Gasteiger partial charge in [-0.15, -0.1) is 0 Å². The average Bonchev–Trinajstić information content (AvgIpc) is 2.73. The number of hydrogen-bond acceptors (Lipinski definition) is 0. The summed E-state index contributed by atoms with van der Waals surface area (Å²) in [6.45, 7) is 4.25. The van der Waals surface area contributed by atoms with Crippen molar-refractivity contribution in [3.05, 3.63) is 71.9 Å². The number of rotatable bonds is 2. The van der Waals surface area contributed by atoms with Gasteiger partial charge in [0.1, 0.15) is 0 Å².